The molecule has 0 bridgehead atoms. The average Bonchev–Trinajstić information content (AvgIpc) is 2.76. The van der Waals surface area contributed by atoms with E-state index in [-0.39, 0.29) is 11.7 Å². The molecule has 32 heavy (non-hydrogen) atoms. The summed E-state index contributed by atoms with van der Waals surface area (Å²) < 4.78 is 11.2. The van der Waals surface area contributed by atoms with Crippen molar-refractivity contribution < 1.29 is 19.4 Å². The van der Waals surface area contributed by atoms with Crippen LogP contribution in [-0.2, 0) is 29.0 Å². The molecule has 4 N–H and O–H groups in total. The zero-order valence-electron chi connectivity index (χ0n) is 19.3. The van der Waals surface area contributed by atoms with Crippen LogP contribution in [0.1, 0.15) is 34.7 Å². The van der Waals surface area contributed by atoms with Crippen LogP contribution in [0.15, 0.2) is 30.3 Å². The predicted molar refractivity (Wildman–Crippen MR) is 125 cm³/mol. The standard InChI is InChI=1S/C25H35N3O4/c1-4-32-24-6-5-19(16-28-7-9-31-10-8-28)13-20(24)15-27-25(30)23(26)14-22-17(2)11-21(29)12-18(22)3/h5-6,11-13,23,29H,4,7-10,14-16,26H2,1-3H3,(H,27,30)/t23-/m0/s1. The number of amides is 1. The molecule has 2 aromatic rings. The second kappa shape index (κ2) is 11.3. The molecule has 1 saturated heterocycles. The van der Waals surface area contributed by atoms with E-state index >= 15 is 0 Å². The predicted octanol–water partition coefficient (Wildman–Crippen LogP) is 2.43. The molecule has 174 valence electrons. The lowest BCUT2D eigenvalue weighted by molar-refractivity contribution is -0.122. The number of morpholine rings is 1. The Morgan fingerprint density at radius 1 is 1.22 bits per heavy atom. The zero-order valence-corrected chi connectivity index (χ0v) is 19.3. The van der Waals surface area contributed by atoms with Crippen molar-refractivity contribution in [3.8, 4) is 11.5 Å². The number of nitrogens with two attached hydrogens (primary N) is 1. The van der Waals surface area contributed by atoms with E-state index < -0.39 is 6.04 Å². The van der Waals surface area contributed by atoms with Crippen LogP contribution in [0.2, 0.25) is 0 Å². The molecule has 0 radical (unpaired) electrons. The van der Waals surface area contributed by atoms with Gasteiger partial charge >= 0.3 is 0 Å². The second-order valence-electron chi connectivity index (χ2n) is 8.35. The Kier molecular flexibility index (Phi) is 8.50. The molecule has 1 heterocycles. The molecule has 7 nitrogen and oxygen atoms in total. The van der Waals surface area contributed by atoms with Gasteiger partial charge in [-0.3, -0.25) is 9.69 Å². The van der Waals surface area contributed by atoms with Crippen LogP contribution in [0, 0.1) is 13.8 Å². The highest BCUT2D eigenvalue weighted by molar-refractivity contribution is 5.82. The van der Waals surface area contributed by atoms with Crippen molar-refractivity contribution in [1.82, 2.24) is 10.2 Å². The Morgan fingerprint density at radius 3 is 2.56 bits per heavy atom. The highest BCUT2D eigenvalue weighted by atomic mass is 16.5. The summed E-state index contributed by atoms with van der Waals surface area (Å²) in [7, 11) is 0. The van der Waals surface area contributed by atoms with Crippen molar-refractivity contribution in [1.29, 1.82) is 0 Å². The second-order valence-corrected chi connectivity index (χ2v) is 8.35. The third-order valence-corrected chi connectivity index (χ3v) is 5.83. The largest absolute Gasteiger partial charge is 0.508 e. The van der Waals surface area contributed by atoms with Gasteiger partial charge in [0.1, 0.15) is 11.5 Å². The van der Waals surface area contributed by atoms with Crippen LogP contribution >= 0.6 is 0 Å². The quantitative estimate of drug-likeness (QED) is 0.553. The lowest BCUT2D eigenvalue weighted by atomic mass is 9.96. The number of nitrogens with zero attached hydrogens (tertiary/aromatic N) is 1. The van der Waals surface area contributed by atoms with Crippen LogP contribution in [-0.4, -0.2) is 54.9 Å². The van der Waals surface area contributed by atoms with Gasteiger partial charge in [0, 0.05) is 31.7 Å². The van der Waals surface area contributed by atoms with Gasteiger partial charge in [-0.05, 0) is 73.7 Å². The summed E-state index contributed by atoms with van der Waals surface area (Å²) in [4.78, 5) is 15.1. The maximum Gasteiger partial charge on any atom is 0.237 e. The monoisotopic (exact) mass is 441 g/mol. The molecule has 0 unspecified atom stereocenters. The van der Waals surface area contributed by atoms with Gasteiger partial charge in [-0.2, -0.15) is 0 Å². The van der Waals surface area contributed by atoms with Gasteiger partial charge in [-0.25, -0.2) is 0 Å². The fourth-order valence-corrected chi connectivity index (χ4v) is 4.10. The van der Waals surface area contributed by atoms with Gasteiger partial charge in [0.15, 0.2) is 0 Å². The number of hydrogen-bond acceptors (Lipinski definition) is 6. The molecular formula is C25H35N3O4. The van der Waals surface area contributed by atoms with E-state index in [0.29, 0.717) is 19.6 Å². The molecule has 1 aliphatic heterocycles. The van der Waals surface area contributed by atoms with Crippen molar-refractivity contribution in [3.05, 3.63) is 58.1 Å². The van der Waals surface area contributed by atoms with Crippen molar-refractivity contribution in [3.63, 3.8) is 0 Å². The SMILES string of the molecule is CCOc1ccc(CN2CCOCC2)cc1CNC(=O)[C@@H](N)Cc1c(C)cc(O)cc1C. The van der Waals surface area contributed by atoms with E-state index in [1.165, 1.54) is 5.56 Å². The molecule has 0 aromatic heterocycles. The number of nitrogens with one attached hydrogen (secondary N) is 1. The molecule has 2 aromatic carbocycles. The summed E-state index contributed by atoms with van der Waals surface area (Å²) in [5.41, 5.74) is 11.2. The first-order chi connectivity index (χ1) is 15.4. The number of rotatable bonds is 9. The smallest absolute Gasteiger partial charge is 0.237 e. The van der Waals surface area contributed by atoms with E-state index in [0.717, 1.165) is 60.9 Å². The van der Waals surface area contributed by atoms with Crippen LogP contribution in [0.3, 0.4) is 0 Å². The van der Waals surface area contributed by atoms with Gasteiger partial charge in [-0.1, -0.05) is 6.07 Å². The molecule has 1 aliphatic rings. The minimum atomic E-state index is -0.677. The first-order valence-electron chi connectivity index (χ1n) is 11.2. The number of phenols is 1. The molecule has 1 fully saturated rings. The first kappa shape index (κ1) is 24.0. The Morgan fingerprint density at radius 2 is 1.91 bits per heavy atom. The van der Waals surface area contributed by atoms with E-state index in [2.05, 4.69) is 22.3 Å². The van der Waals surface area contributed by atoms with Crippen LogP contribution in [0.5, 0.6) is 11.5 Å². The number of phenolic OH excluding ortho intramolecular Hbond substituents is 1. The minimum absolute atomic E-state index is 0.210. The molecule has 1 amide bonds. The average molecular weight is 442 g/mol. The minimum Gasteiger partial charge on any atom is -0.508 e. The number of carbonyl (C=O) groups is 1. The summed E-state index contributed by atoms with van der Waals surface area (Å²) in [5, 5.41) is 12.7. The van der Waals surface area contributed by atoms with Crippen molar-refractivity contribution >= 4 is 5.91 Å². The zero-order chi connectivity index (χ0) is 23.1. The maximum atomic E-state index is 12.7. The lowest BCUT2D eigenvalue weighted by Crippen LogP contribution is -2.42. The van der Waals surface area contributed by atoms with Gasteiger partial charge in [0.05, 0.1) is 25.9 Å². The number of aryl methyl sites for hydroxylation is 2. The molecular weight excluding hydrogens is 406 g/mol. The summed E-state index contributed by atoms with van der Waals surface area (Å²) in [6.45, 7) is 10.9. The van der Waals surface area contributed by atoms with Crippen molar-refractivity contribution in [2.24, 2.45) is 5.73 Å². The maximum absolute atomic E-state index is 12.7. The topological polar surface area (TPSA) is 97.1 Å². The van der Waals surface area contributed by atoms with Crippen LogP contribution < -0.4 is 15.8 Å². The van der Waals surface area contributed by atoms with Gasteiger partial charge in [0.2, 0.25) is 5.91 Å². The molecule has 0 spiro atoms. The number of hydrogen-bond donors (Lipinski definition) is 3. The Balaban J connectivity index is 1.64. The fourth-order valence-electron chi connectivity index (χ4n) is 4.10. The number of ether oxygens (including phenoxy) is 2. The van der Waals surface area contributed by atoms with Gasteiger partial charge in [-0.15, -0.1) is 0 Å². The van der Waals surface area contributed by atoms with Crippen LogP contribution in [0.25, 0.3) is 0 Å². The van der Waals surface area contributed by atoms with Crippen LogP contribution in [0.4, 0.5) is 0 Å². The summed E-state index contributed by atoms with van der Waals surface area (Å²) >= 11 is 0. The third kappa shape index (κ3) is 6.45. The summed E-state index contributed by atoms with van der Waals surface area (Å²) in [5.74, 6) is 0.789. The van der Waals surface area contributed by atoms with Crippen molar-refractivity contribution in [2.75, 3.05) is 32.9 Å². The lowest BCUT2D eigenvalue weighted by Gasteiger charge is -2.27. The number of carbonyl (C=O) groups excluding carboxylic acids is 1. The number of aromatic hydroxyl groups is 1. The highest BCUT2D eigenvalue weighted by Gasteiger charge is 2.18. The van der Waals surface area contributed by atoms with E-state index in [4.69, 9.17) is 15.2 Å². The molecule has 0 aliphatic carbocycles. The molecule has 7 heteroatoms. The van der Waals surface area contributed by atoms with E-state index in [9.17, 15) is 9.90 Å². The Labute approximate surface area is 190 Å². The van der Waals surface area contributed by atoms with E-state index in [1.54, 1.807) is 12.1 Å². The van der Waals surface area contributed by atoms with Gasteiger partial charge in [0.25, 0.3) is 0 Å². The van der Waals surface area contributed by atoms with E-state index in [1.807, 2.05) is 26.8 Å². The summed E-state index contributed by atoms with van der Waals surface area (Å²) in [6, 6.07) is 8.87. The molecule has 3 rings (SSSR count). The summed E-state index contributed by atoms with van der Waals surface area (Å²) in [6.07, 6.45) is 0.416. The first-order valence-corrected chi connectivity index (χ1v) is 11.2. The normalized spacial score (nSPS) is 15.4. The fraction of sp³-hybridized carbons (Fsp3) is 0.480. The Hall–Kier alpha value is -2.61. The molecule has 1 atom stereocenters. The van der Waals surface area contributed by atoms with Gasteiger partial charge < -0.3 is 25.6 Å². The van der Waals surface area contributed by atoms with Crippen molar-refractivity contribution in [2.45, 2.75) is 46.3 Å². The molecule has 0 saturated carbocycles. The third-order valence-electron chi connectivity index (χ3n) is 5.83. The number of benzene rings is 2. The Bertz CT molecular complexity index is 902. The highest BCUT2D eigenvalue weighted by Crippen LogP contribution is 2.23.